The number of hydrogen-bond acceptors (Lipinski definition) is 6. The Morgan fingerprint density at radius 3 is 1.43 bits per heavy atom. The minimum atomic E-state index is -0.616. The van der Waals surface area contributed by atoms with Gasteiger partial charge < -0.3 is 29.2 Å². The maximum Gasteiger partial charge on any atom is 0.146 e. The van der Waals surface area contributed by atoms with Crippen molar-refractivity contribution >= 4 is 0 Å². The Bertz CT molecular complexity index is 106. The van der Waals surface area contributed by atoms with Gasteiger partial charge >= 0.3 is 0 Å². The summed E-state index contributed by atoms with van der Waals surface area (Å²) in [5, 5.41) is 17.9. The summed E-state index contributed by atoms with van der Waals surface area (Å²) in [5.74, 6) is 0. The molecule has 2 atom stereocenters. The van der Waals surface area contributed by atoms with Gasteiger partial charge in [-0.15, -0.1) is 0 Å². The average molecular weight is 210 g/mol. The molecule has 6 nitrogen and oxygen atoms in total. The van der Waals surface area contributed by atoms with Crippen LogP contribution in [0, 0.1) is 0 Å². The zero-order valence-electron chi connectivity index (χ0n) is 8.51. The van der Waals surface area contributed by atoms with Crippen molar-refractivity contribution in [1.82, 2.24) is 0 Å². The van der Waals surface area contributed by atoms with Gasteiger partial charge in [0.25, 0.3) is 0 Å². The third-order valence-electron chi connectivity index (χ3n) is 1.57. The molecule has 0 saturated heterocycles. The Hall–Kier alpha value is -0.240. The SMILES string of the molecule is COCO[C@@H](CO)[C@H](CO)OCOC. The van der Waals surface area contributed by atoms with E-state index in [1.54, 1.807) is 0 Å². The van der Waals surface area contributed by atoms with Crippen molar-refractivity contribution in [3.8, 4) is 0 Å². The first-order chi connectivity index (χ1) is 6.79. The van der Waals surface area contributed by atoms with E-state index in [4.69, 9.17) is 19.7 Å². The molecule has 0 heterocycles. The molecule has 2 N–H and O–H groups in total. The van der Waals surface area contributed by atoms with Gasteiger partial charge in [-0.1, -0.05) is 0 Å². The molecule has 0 aromatic carbocycles. The van der Waals surface area contributed by atoms with E-state index in [2.05, 4.69) is 9.47 Å². The predicted molar refractivity (Wildman–Crippen MR) is 47.7 cm³/mol. The zero-order chi connectivity index (χ0) is 10.8. The first-order valence-electron chi connectivity index (χ1n) is 4.22. The van der Waals surface area contributed by atoms with Gasteiger partial charge in [-0.3, -0.25) is 0 Å². The quantitative estimate of drug-likeness (QED) is 0.473. The average Bonchev–Trinajstić information content (AvgIpc) is 2.23. The molecule has 0 unspecified atom stereocenters. The van der Waals surface area contributed by atoms with Crippen molar-refractivity contribution in [2.24, 2.45) is 0 Å². The van der Waals surface area contributed by atoms with Gasteiger partial charge in [0.05, 0.1) is 13.2 Å². The fraction of sp³-hybridized carbons (Fsp3) is 1.00. The first-order valence-corrected chi connectivity index (χ1v) is 4.22. The predicted octanol–water partition coefficient (Wildman–Crippen LogP) is -1.05. The lowest BCUT2D eigenvalue weighted by molar-refractivity contribution is -0.176. The fourth-order valence-electron chi connectivity index (χ4n) is 0.866. The summed E-state index contributed by atoms with van der Waals surface area (Å²) in [6, 6.07) is 0. The molecular formula is C8H18O6. The van der Waals surface area contributed by atoms with Gasteiger partial charge in [0.1, 0.15) is 25.8 Å². The lowest BCUT2D eigenvalue weighted by Crippen LogP contribution is -2.38. The van der Waals surface area contributed by atoms with E-state index in [9.17, 15) is 0 Å². The Morgan fingerprint density at radius 2 is 1.21 bits per heavy atom. The molecule has 0 aliphatic heterocycles. The van der Waals surface area contributed by atoms with Crippen molar-refractivity contribution in [3.05, 3.63) is 0 Å². The highest BCUT2D eigenvalue weighted by Gasteiger charge is 2.21. The second-order valence-corrected chi connectivity index (χ2v) is 2.59. The molecule has 0 bridgehead atoms. The maximum atomic E-state index is 8.94. The lowest BCUT2D eigenvalue weighted by Gasteiger charge is -2.23. The number of ether oxygens (including phenoxy) is 4. The minimum Gasteiger partial charge on any atom is -0.394 e. The summed E-state index contributed by atoms with van der Waals surface area (Å²) in [5.41, 5.74) is 0. The van der Waals surface area contributed by atoms with E-state index in [-0.39, 0.29) is 26.8 Å². The maximum absolute atomic E-state index is 8.94. The van der Waals surface area contributed by atoms with Crippen LogP contribution < -0.4 is 0 Å². The Morgan fingerprint density at radius 1 is 0.857 bits per heavy atom. The molecule has 0 aliphatic carbocycles. The first kappa shape index (κ1) is 13.8. The van der Waals surface area contributed by atoms with Crippen molar-refractivity contribution in [2.45, 2.75) is 12.2 Å². The molecule has 0 rings (SSSR count). The molecular weight excluding hydrogens is 192 g/mol. The van der Waals surface area contributed by atoms with Crippen LogP contribution in [0.1, 0.15) is 0 Å². The fourth-order valence-corrected chi connectivity index (χ4v) is 0.866. The summed E-state index contributed by atoms with van der Waals surface area (Å²) < 4.78 is 19.5. The topological polar surface area (TPSA) is 77.4 Å². The number of aliphatic hydroxyl groups is 2. The van der Waals surface area contributed by atoms with E-state index in [1.807, 2.05) is 0 Å². The molecule has 0 amide bonds. The molecule has 0 aromatic rings. The normalized spacial score (nSPS) is 15.4. The van der Waals surface area contributed by atoms with E-state index in [0.29, 0.717) is 0 Å². The second kappa shape index (κ2) is 9.32. The molecule has 0 aromatic heterocycles. The van der Waals surface area contributed by atoms with E-state index in [1.165, 1.54) is 14.2 Å². The van der Waals surface area contributed by atoms with Crippen LogP contribution in [0.3, 0.4) is 0 Å². The largest absolute Gasteiger partial charge is 0.394 e. The molecule has 14 heavy (non-hydrogen) atoms. The Kier molecular flexibility index (Phi) is 9.16. The number of rotatable bonds is 9. The summed E-state index contributed by atoms with van der Waals surface area (Å²) >= 11 is 0. The van der Waals surface area contributed by atoms with Crippen LogP contribution in [0.25, 0.3) is 0 Å². The highest BCUT2D eigenvalue weighted by molar-refractivity contribution is 4.68. The van der Waals surface area contributed by atoms with E-state index >= 15 is 0 Å². The second-order valence-electron chi connectivity index (χ2n) is 2.59. The van der Waals surface area contributed by atoms with Crippen LogP contribution in [0.15, 0.2) is 0 Å². The molecule has 0 radical (unpaired) electrons. The van der Waals surface area contributed by atoms with Crippen LogP contribution >= 0.6 is 0 Å². The molecule has 0 spiro atoms. The Labute approximate surface area is 83.3 Å². The monoisotopic (exact) mass is 210 g/mol. The van der Waals surface area contributed by atoms with Crippen molar-refractivity contribution in [3.63, 3.8) is 0 Å². The van der Waals surface area contributed by atoms with Crippen molar-refractivity contribution in [2.75, 3.05) is 41.0 Å². The molecule has 86 valence electrons. The minimum absolute atomic E-state index is 0.0398. The Balaban J connectivity index is 3.87. The van der Waals surface area contributed by atoms with Gasteiger partial charge in [-0.2, -0.15) is 0 Å². The van der Waals surface area contributed by atoms with Crippen molar-refractivity contribution < 1.29 is 29.2 Å². The third kappa shape index (κ3) is 5.48. The third-order valence-corrected chi connectivity index (χ3v) is 1.57. The molecule has 0 aliphatic rings. The van der Waals surface area contributed by atoms with Crippen LogP contribution in [-0.2, 0) is 18.9 Å². The molecule has 0 fully saturated rings. The standard InChI is InChI=1S/C8H18O6/c1-11-5-13-7(3-9)8(4-10)14-6-12-2/h7-10H,3-6H2,1-2H3/t7-,8-/m0/s1. The van der Waals surface area contributed by atoms with Gasteiger partial charge in [0, 0.05) is 14.2 Å². The van der Waals surface area contributed by atoms with E-state index < -0.39 is 12.2 Å². The van der Waals surface area contributed by atoms with Crippen molar-refractivity contribution in [1.29, 1.82) is 0 Å². The van der Waals surface area contributed by atoms with Gasteiger partial charge in [-0.25, -0.2) is 0 Å². The molecule has 0 saturated carbocycles. The van der Waals surface area contributed by atoms with E-state index in [0.717, 1.165) is 0 Å². The van der Waals surface area contributed by atoms with Crippen LogP contribution in [0.5, 0.6) is 0 Å². The van der Waals surface area contributed by atoms with Crippen LogP contribution in [0.4, 0.5) is 0 Å². The lowest BCUT2D eigenvalue weighted by atomic mass is 10.2. The highest BCUT2D eigenvalue weighted by atomic mass is 16.7. The summed E-state index contributed by atoms with van der Waals surface area (Å²) in [4.78, 5) is 0. The number of hydrogen-bond donors (Lipinski definition) is 2. The highest BCUT2D eigenvalue weighted by Crippen LogP contribution is 2.03. The van der Waals surface area contributed by atoms with Crippen LogP contribution in [-0.4, -0.2) is 63.4 Å². The van der Waals surface area contributed by atoms with Gasteiger partial charge in [0.15, 0.2) is 0 Å². The van der Waals surface area contributed by atoms with Gasteiger partial charge in [0.2, 0.25) is 0 Å². The zero-order valence-corrected chi connectivity index (χ0v) is 8.51. The summed E-state index contributed by atoms with van der Waals surface area (Å²) in [6.45, 7) is -0.424. The summed E-state index contributed by atoms with van der Waals surface area (Å²) in [7, 11) is 2.94. The molecule has 6 heteroatoms. The number of methoxy groups -OCH3 is 2. The smallest absolute Gasteiger partial charge is 0.146 e. The van der Waals surface area contributed by atoms with Crippen LogP contribution in [0.2, 0.25) is 0 Å². The summed E-state index contributed by atoms with van der Waals surface area (Å²) in [6.07, 6.45) is -1.23. The number of aliphatic hydroxyl groups excluding tert-OH is 2. The van der Waals surface area contributed by atoms with Gasteiger partial charge in [-0.05, 0) is 0 Å².